The smallest absolute Gasteiger partial charge is 0.163 e. The van der Waals surface area contributed by atoms with Gasteiger partial charge in [-0.3, -0.25) is 0 Å². The first-order valence-electron chi connectivity index (χ1n) is 8.96. The number of hydrogen-bond acceptors (Lipinski definition) is 5. The van der Waals surface area contributed by atoms with Crippen LogP contribution in [-0.2, 0) is 13.1 Å². The molecule has 4 rings (SSSR count). The molecule has 0 fully saturated rings. The van der Waals surface area contributed by atoms with E-state index < -0.39 is 0 Å². The molecule has 0 atom stereocenters. The SMILES string of the molecule is Clc1ccccc1CNc1cc(NCc2ccco2)nc(-c2ccccc2)n1. The highest BCUT2D eigenvalue weighted by Gasteiger charge is 2.08. The van der Waals surface area contributed by atoms with Crippen LogP contribution in [0.15, 0.2) is 83.5 Å². The highest BCUT2D eigenvalue weighted by Crippen LogP contribution is 2.22. The molecule has 28 heavy (non-hydrogen) atoms. The summed E-state index contributed by atoms with van der Waals surface area (Å²) in [5, 5.41) is 7.37. The molecule has 0 radical (unpaired) electrons. The Balaban J connectivity index is 1.58. The quantitative estimate of drug-likeness (QED) is 0.429. The summed E-state index contributed by atoms with van der Waals surface area (Å²) in [6.45, 7) is 1.12. The average molecular weight is 391 g/mol. The van der Waals surface area contributed by atoms with Crippen LogP contribution in [0.4, 0.5) is 11.6 Å². The fraction of sp³-hybridized carbons (Fsp3) is 0.0909. The van der Waals surface area contributed by atoms with Gasteiger partial charge in [-0.15, -0.1) is 0 Å². The number of nitrogens with zero attached hydrogens (tertiary/aromatic N) is 2. The molecule has 0 aliphatic carbocycles. The second kappa shape index (κ2) is 8.59. The molecular weight excluding hydrogens is 372 g/mol. The lowest BCUT2D eigenvalue weighted by molar-refractivity contribution is 0.518. The van der Waals surface area contributed by atoms with Gasteiger partial charge in [0.15, 0.2) is 5.82 Å². The normalized spacial score (nSPS) is 10.6. The molecular formula is C22H19ClN4O. The average Bonchev–Trinajstić information content (AvgIpc) is 3.26. The summed E-state index contributed by atoms with van der Waals surface area (Å²) in [7, 11) is 0. The van der Waals surface area contributed by atoms with E-state index in [1.54, 1.807) is 6.26 Å². The fourth-order valence-electron chi connectivity index (χ4n) is 2.76. The van der Waals surface area contributed by atoms with E-state index in [4.69, 9.17) is 16.0 Å². The number of rotatable bonds is 7. The van der Waals surface area contributed by atoms with Crippen molar-refractivity contribution in [1.82, 2.24) is 9.97 Å². The second-order valence-electron chi connectivity index (χ2n) is 6.21. The van der Waals surface area contributed by atoms with Gasteiger partial charge in [0.05, 0.1) is 12.8 Å². The third-order valence-corrected chi connectivity index (χ3v) is 4.57. The molecule has 0 aliphatic rings. The summed E-state index contributed by atoms with van der Waals surface area (Å²) in [4.78, 5) is 9.31. The van der Waals surface area contributed by atoms with Crippen LogP contribution in [-0.4, -0.2) is 9.97 Å². The Morgan fingerprint density at radius 1 is 0.786 bits per heavy atom. The van der Waals surface area contributed by atoms with E-state index in [-0.39, 0.29) is 0 Å². The lowest BCUT2D eigenvalue weighted by atomic mass is 10.2. The molecule has 6 heteroatoms. The van der Waals surface area contributed by atoms with E-state index >= 15 is 0 Å². The van der Waals surface area contributed by atoms with Crippen LogP contribution < -0.4 is 10.6 Å². The van der Waals surface area contributed by atoms with Gasteiger partial charge in [0.2, 0.25) is 0 Å². The van der Waals surface area contributed by atoms with Crippen LogP contribution in [0.5, 0.6) is 0 Å². The van der Waals surface area contributed by atoms with Crippen LogP contribution >= 0.6 is 11.6 Å². The van der Waals surface area contributed by atoms with E-state index in [0.29, 0.717) is 24.7 Å². The summed E-state index contributed by atoms with van der Waals surface area (Å²) in [6, 6.07) is 23.3. The van der Waals surface area contributed by atoms with Gasteiger partial charge in [0, 0.05) is 23.2 Å². The van der Waals surface area contributed by atoms with Gasteiger partial charge in [-0.25, -0.2) is 9.97 Å². The van der Waals surface area contributed by atoms with E-state index in [9.17, 15) is 0 Å². The minimum absolute atomic E-state index is 0.544. The van der Waals surface area contributed by atoms with Crippen molar-refractivity contribution < 1.29 is 4.42 Å². The molecule has 0 saturated heterocycles. The van der Waals surface area contributed by atoms with E-state index in [1.807, 2.05) is 72.8 Å². The van der Waals surface area contributed by atoms with Gasteiger partial charge >= 0.3 is 0 Å². The summed E-state index contributed by atoms with van der Waals surface area (Å²) in [5.41, 5.74) is 1.96. The van der Waals surface area contributed by atoms with Crippen molar-refractivity contribution >= 4 is 23.2 Å². The summed E-state index contributed by atoms with van der Waals surface area (Å²) in [6.07, 6.45) is 1.66. The Morgan fingerprint density at radius 3 is 2.21 bits per heavy atom. The number of nitrogens with one attached hydrogen (secondary N) is 2. The number of anilines is 2. The number of halogens is 1. The summed E-state index contributed by atoms with van der Waals surface area (Å²) >= 11 is 6.26. The maximum absolute atomic E-state index is 6.26. The van der Waals surface area contributed by atoms with Gasteiger partial charge in [-0.05, 0) is 23.8 Å². The topological polar surface area (TPSA) is 63.0 Å². The summed E-state index contributed by atoms with van der Waals surface area (Å²) < 4.78 is 5.38. The minimum atomic E-state index is 0.544. The van der Waals surface area contributed by atoms with Crippen LogP contribution in [0, 0.1) is 0 Å². The highest BCUT2D eigenvalue weighted by molar-refractivity contribution is 6.31. The molecule has 4 aromatic rings. The van der Waals surface area contributed by atoms with Crippen molar-refractivity contribution in [3.8, 4) is 11.4 Å². The van der Waals surface area contributed by atoms with Crippen LogP contribution in [0.2, 0.25) is 5.02 Å². The lowest BCUT2D eigenvalue weighted by Gasteiger charge is -2.12. The monoisotopic (exact) mass is 390 g/mol. The van der Waals surface area contributed by atoms with Crippen molar-refractivity contribution in [2.75, 3.05) is 10.6 Å². The Bertz CT molecular complexity index is 1040. The molecule has 0 saturated carbocycles. The first kappa shape index (κ1) is 18.1. The Kier molecular flexibility index (Phi) is 5.54. The van der Waals surface area contributed by atoms with Gasteiger partial charge in [0.1, 0.15) is 17.4 Å². The standard InChI is InChI=1S/C22H19ClN4O/c23-19-11-5-4-9-17(19)14-24-20-13-21(25-15-18-10-6-12-28-18)27-22(26-20)16-7-2-1-3-8-16/h1-13H,14-15H2,(H2,24,25,26,27). The van der Waals surface area contributed by atoms with Crippen molar-refractivity contribution in [2.24, 2.45) is 0 Å². The van der Waals surface area contributed by atoms with Crippen LogP contribution in [0.3, 0.4) is 0 Å². The van der Waals surface area contributed by atoms with Gasteiger partial charge in [-0.1, -0.05) is 60.1 Å². The molecule has 0 aliphatic heterocycles. The zero-order valence-corrected chi connectivity index (χ0v) is 15.9. The van der Waals surface area contributed by atoms with Crippen molar-refractivity contribution in [1.29, 1.82) is 0 Å². The fourth-order valence-corrected chi connectivity index (χ4v) is 2.97. The Hall–Kier alpha value is -3.31. The lowest BCUT2D eigenvalue weighted by Crippen LogP contribution is -2.07. The molecule has 2 heterocycles. The molecule has 2 aromatic heterocycles. The Labute approximate surface area is 168 Å². The Morgan fingerprint density at radius 2 is 1.50 bits per heavy atom. The summed E-state index contributed by atoms with van der Waals surface area (Å²) in [5.74, 6) is 2.92. The molecule has 0 unspecified atom stereocenters. The molecule has 2 N–H and O–H groups in total. The zero-order chi connectivity index (χ0) is 19.2. The third-order valence-electron chi connectivity index (χ3n) is 4.20. The molecule has 0 bridgehead atoms. The van der Waals surface area contributed by atoms with Gasteiger partial charge in [0.25, 0.3) is 0 Å². The molecule has 140 valence electrons. The number of hydrogen-bond donors (Lipinski definition) is 2. The van der Waals surface area contributed by atoms with E-state index in [0.717, 1.165) is 27.7 Å². The largest absolute Gasteiger partial charge is 0.467 e. The maximum atomic E-state index is 6.26. The van der Waals surface area contributed by atoms with Gasteiger partial charge in [-0.2, -0.15) is 0 Å². The maximum Gasteiger partial charge on any atom is 0.163 e. The number of furan rings is 1. The number of benzene rings is 2. The molecule has 5 nitrogen and oxygen atoms in total. The van der Waals surface area contributed by atoms with Crippen LogP contribution in [0.1, 0.15) is 11.3 Å². The zero-order valence-electron chi connectivity index (χ0n) is 15.1. The molecule has 2 aromatic carbocycles. The number of aromatic nitrogens is 2. The third kappa shape index (κ3) is 4.50. The minimum Gasteiger partial charge on any atom is -0.467 e. The predicted molar refractivity (Wildman–Crippen MR) is 112 cm³/mol. The predicted octanol–water partition coefficient (Wildman–Crippen LogP) is 5.61. The van der Waals surface area contributed by atoms with E-state index in [2.05, 4.69) is 20.6 Å². The van der Waals surface area contributed by atoms with Crippen molar-refractivity contribution in [3.63, 3.8) is 0 Å². The molecule has 0 spiro atoms. The van der Waals surface area contributed by atoms with Crippen LogP contribution in [0.25, 0.3) is 11.4 Å². The van der Waals surface area contributed by atoms with Crippen molar-refractivity contribution in [2.45, 2.75) is 13.1 Å². The highest BCUT2D eigenvalue weighted by atomic mass is 35.5. The van der Waals surface area contributed by atoms with Crippen molar-refractivity contribution in [3.05, 3.63) is 95.4 Å². The first-order chi connectivity index (χ1) is 13.8. The first-order valence-corrected chi connectivity index (χ1v) is 9.34. The van der Waals surface area contributed by atoms with E-state index in [1.165, 1.54) is 0 Å². The second-order valence-corrected chi connectivity index (χ2v) is 6.61. The van der Waals surface area contributed by atoms with Gasteiger partial charge < -0.3 is 15.1 Å². The molecule has 0 amide bonds.